The van der Waals surface area contributed by atoms with Crippen LogP contribution in [0.5, 0.6) is 5.75 Å². The van der Waals surface area contributed by atoms with Crippen LogP contribution in [0.4, 0.5) is 5.69 Å². The molecule has 0 radical (unpaired) electrons. The van der Waals surface area contributed by atoms with E-state index in [9.17, 15) is 29.1 Å². The highest BCUT2D eigenvalue weighted by Crippen LogP contribution is 2.56. The number of nitrogens with zero attached hydrogens (tertiary/aromatic N) is 1. The molecule has 3 aliphatic carbocycles. The van der Waals surface area contributed by atoms with Crippen LogP contribution in [0, 0.1) is 17.8 Å². The Morgan fingerprint density at radius 2 is 1.66 bits per heavy atom. The van der Waals surface area contributed by atoms with Crippen LogP contribution >= 0.6 is 0 Å². The van der Waals surface area contributed by atoms with Crippen LogP contribution in [0.15, 0.2) is 83.0 Å². The molecule has 0 saturated carbocycles. The summed E-state index contributed by atoms with van der Waals surface area (Å²) in [5.74, 6) is -3.75. The number of aromatic hydroxyl groups is 1. The Kier molecular flexibility index (Phi) is 5.42. The Labute approximate surface area is 219 Å². The molecule has 2 aromatic carbocycles. The van der Waals surface area contributed by atoms with Crippen LogP contribution in [-0.4, -0.2) is 34.3 Å². The number of para-hydroxylation sites is 1. The van der Waals surface area contributed by atoms with Crippen molar-refractivity contribution in [1.82, 2.24) is 0 Å². The lowest BCUT2D eigenvalue weighted by Gasteiger charge is -2.42. The number of hydrogen-bond donors (Lipinski definition) is 1. The molecule has 1 N–H and O–H groups in total. The van der Waals surface area contributed by atoms with Gasteiger partial charge in [0.15, 0.2) is 17.3 Å². The lowest BCUT2D eigenvalue weighted by Crippen LogP contribution is -2.39. The van der Waals surface area contributed by atoms with Crippen LogP contribution in [-0.2, 0) is 19.2 Å². The maximum absolute atomic E-state index is 13.9. The fraction of sp³-hybridized carbons (Fsp3) is 0.258. The Bertz CT molecular complexity index is 1560. The molecule has 0 spiro atoms. The van der Waals surface area contributed by atoms with Crippen molar-refractivity contribution in [3.63, 3.8) is 0 Å². The van der Waals surface area contributed by atoms with Crippen molar-refractivity contribution in [1.29, 1.82) is 0 Å². The topological polar surface area (TPSA) is 109 Å². The predicted octanol–water partition coefficient (Wildman–Crippen LogP) is 4.23. The van der Waals surface area contributed by atoms with Crippen molar-refractivity contribution in [3.05, 3.63) is 94.1 Å². The third-order valence-corrected chi connectivity index (χ3v) is 8.34. The van der Waals surface area contributed by atoms with Crippen LogP contribution in [0.2, 0.25) is 0 Å². The van der Waals surface area contributed by atoms with Crippen molar-refractivity contribution in [2.24, 2.45) is 17.8 Å². The molecule has 6 rings (SSSR count). The molecular weight excluding hydrogens is 482 g/mol. The summed E-state index contributed by atoms with van der Waals surface area (Å²) in [5.41, 5.74) is 3.21. The van der Waals surface area contributed by atoms with E-state index in [2.05, 4.69) is 0 Å². The second-order valence-corrected chi connectivity index (χ2v) is 10.4. The molecular formula is C31H25NO6. The third-order valence-electron chi connectivity index (χ3n) is 8.34. The van der Waals surface area contributed by atoms with Gasteiger partial charge in [0.1, 0.15) is 5.75 Å². The fourth-order valence-corrected chi connectivity index (χ4v) is 6.57. The SMILES string of the molecule is CC(=O)c1ccc(N2C(=O)[C@H]3[C@H](CC=C4[C@H](c5ccccc5O)C5=C(C[C@H]43)C(=O)C(C)=CC5=O)C2=O)cc1. The molecule has 0 unspecified atom stereocenters. The normalized spacial score (nSPS) is 26.5. The lowest BCUT2D eigenvalue weighted by molar-refractivity contribution is -0.123. The van der Waals surface area contributed by atoms with Gasteiger partial charge in [0.2, 0.25) is 11.8 Å². The zero-order valence-electron chi connectivity index (χ0n) is 20.9. The van der Waals surface area contributed by atoms with E-state index in [1.807, 2.05) is 6.08 Å². The van der Waals surface area contributed by atoms with E-state index < -0.39 is 23.7 Å². The molecule has 190 valence electrons. The zero-order valence-corrected chi connectivity index (χ0v) is 20.9. The van der Waals surface area contributed by atoms with E-state index in [4.69, 9.17) is 0 Å². The second-order valence-electron chi connectivity index (χ2n) is 10.4. The first kappa shape index (κ1) is 24.0. The van der Waals surface area contributed by atoms with E-state index in [0.717, 1.165) is 5.57 Å². The van der Waals surface area contributed by atoms with E-state index in [0.29, 0.717) is 40.0 Å². The van der Waals surface area contributed by atoms with Crippen molar-refractivity contribution in [3.8, 4) is 5.75 Å². The maximum Gasteiger partial charge on any atom is 0.238 e. The second kappa shape index (κ2) is 8.58. The van der Waals surface area contributed by atoms with Crippen LogP contribution in [0.3, 0.4) is 0 Å². The number of carbonyl (C=O) groups excluding carboxylic acids is 5. The quantitative estimate of drug-likeness (QED) is 0.288. The van der Waals surface area contributed by atoms with Gasteiger partial charge < -0.3 is 5.11 Å². The molecule has 0 bridgehead atoms. The van der Waals surface area contributed by atoms with Crippen LogP contribution < -0.4 is 4.90 Å². The predicted molar refractivity (Wildman–Crippen MR) is 138 cm³/mol. The monoisotopic (exact) mass is 507 g/mol. The number of hydrogen-bond acceptors (Lipinski definition) is 6. The summed E-state index contributed by atoms with van der Waals surface area (Å²) in [6, 6.07) is 13.1. The van der Waals surface area contributed by atoms with Gasteiger partial charge in [-0.1, -0.05) is 29.8 Å². The van der Waals surface area contributed by atoms with E-state index in [-0.39, 0.29) is 41.3 Å². The van der Waals surface area contributed by atoms with Gasteiger partial charge in [-0.15, -0.1) is 0 Å². The molecule has 4 atom stereocenters. The summed E-state index contributed by atoms with van der Waals surface area (Å²) in [7, 11) is 0. The molecule has 1 aliphatic heterocycles. The number of carbonyl (C=O) groups is 5. The van der Waals surface area contributed by atoms with E-state index in [1.165, 1.54) is 24.0 Å². The van der Waals surface area contributed by atoms with Gasteiger partial charge in [-0.25, -0.2) is 0 Å². The number of phenols is 1. The van der Waals surface area contributed by atoms with Gasteiger partial charge in [0.25, 0.3) is 0 Å². The number of allylic oxidation sites excluding steroid dienone is 6. The number of fused-ring (bicyclic) bond motifs is 3. The number of anilines is 1. The average molecular weight is 508 g/mol. The Morgan fingerprint density at radius 3 is 2.34 bits per heavy atom. The van der Waals surface area contributed by atoms with Crippen molar-refractivity contribution >= 4 is 34.9 Å². The molecule has 4 aliphatic rings. The van der Waals surface area contributed by atoms with Crippen molar-refractivity contribution in [2.75, 3.05) is 4.90 Å². The third kappa shape index (κ3) is 3.38. The molecule has 7 nitrogen and oxygen atoms in total. The number of imide groups is 1. The number of rotatable bonds is 3. The first-order valence-electron chi connectivity index (χ1n) is 12.7. The molecule has 1 fully saturated rings. The Hall–Kier alpha value is -4.39. The molecule has 38 heavy (non-hydrogen) atoms. The molecule has 1 saturated heterocycles. The summed E-state index contributed by atoms with van der Waals surface area (Å²) in [6.45, 7) is 3.05. The molecule has 2 aromatic rings. The largest absolute Gasteiger partial charge is 0.508 e. The fourth-order valence-electron chi connectivity index (χ4n) is 6.57. The highest BCUT2D eigenvalue weighted by atomic mass is 16.3. The van der Waals surface area contributed by atoms with E-state index >= 15 is 0 Å². The summed E-state index contributed by atoms with van der Waals surface area (Å²) < 4.78 is 0. The lowest BCUT2D eigenvalue weighted by atomic mass is 9.59. The highest BCUT2D eigenvalue weighted by molar-refractivity contribution is 6.25. The first-order chi connectivity index (χ1) is 18.2. The highest BCUT2D eigenvalue weighted by Gasteiger charge is 2.56. The van der Waals surface area contributed by atoms with E-state index in [1.54, 1.807) is 49.4 Å². The van der Waals surface area contributed by atoms with Crippen LogP contribution in [0.25, 0.3) is 0 Å². The van der Waals surface area contributed by atoms with Crippen molar-refractivity contribution in [2.45, 2.75) is 32.6 Å². The number of ketones is 3. The van der Waals surface area contributed by atoms with Gasteiger partial charge >= 0.3 is 0 Å². The number of Topliss-reactive ketones (excluding diaryl/α,β-unsaturated/α-hetero) is 2. The summed E-state index contributed by atoms with van der Waals surface area (Å²) >= 11 is 0. The zero-order chi connectivity index (χ0) is 26.9. The minimum Gasteiger partial charge on any atom is -0.508 e. The molecule has 0 aromatic heterocycles. The van der Waals surface area contributed by atoms with Crippen LogP contribution in [0.1, 0.15) is 48.5 Å². The van der Waals surface area contributed by atoms with Gasteiger partial charge in [0, 0.05) is 33.8 Å². The Morgan fingerprint density at radius 1 is 0.947 bits per heavy atom. The minimum absolute atomic E-state index is 0.000518. The minimum atomic E-state index is -0.702. The number of amides is 2. The summed E-state index contributed by atoms with van der Waals surface area (Å²) in [4.78, 5) is 66.9. The van der Waals surface area contributed by atoms with Gasteiger partial charge in [0.05, 0.1) is 17.5 Å². The standard InChI is InChI=1S/C31H25NO6/c1-15-13-25(35)28-23(29(15)36)14-22-19(26(28)20-5-3-4-6-24(20)34)11-12-21-27(22)31(38)32(30(21)37)18-9-7-17(8-10-18)16(2)33/h3-11,13,21-22,26-27,34H,12,14H2,1-2H3/t21-,22+,26+,27-/m0/s1. The smallest absolute Gasteiger partial charge is 0.238 e. The first-order valence-corrected chi connectivity index (χ1v) is 12.7. The molecule has 2 amide bonds. The molecule has 1 heterocycles. The summed E-state index contributed by atoms with van der Waals surface area (Å²) in [5, 5.41) is 10.8. The van der Waals surface area contributed by atoms with Gasteiger partial charge in [-0.2, -0.15) is 0 Å². The number of phenolic OH excluding ortho intramolecular Hbond substituents is 1. The average Bonchev–Trinajstić information content (AvgIpc) is 3.16. The van der Waals surface area contributed by atoms with Gasteiger partial charge in [-0.05, 0) is 69.0 Å². The Balaban J connectivity index is 1.46. The number of benzene rings is 2. The summed E-state index contributed by atoms with van der Waals surface area (Å²) in [6.07, 6.45) is 3.76. The molecule has 7 heteroatoms. The maximum atomic E-state index is 13.9. The van der Waals surface area contributed by atoms with Crippen molar-refractivity contribution < 1.29 is 29.1 Å². The van der Waals surface area contributed by atoms with Gasteiger partial charge in [-0.3, -0.25) is 28.9 Å².